The van der Waals surface area contributed by atoms with Crippen molar-refractivity contribution in [3.63, 3.8) is 0 Å². The van der Waals surface area contributed by atoms with E-state index < -0.39 is 0 Å². The van der Waals surface area contributed by atoms with Gasteiger partial charge in [0.15, 0.2) is 0 Å². The molecular formula is C24H27N5O3. The number of hydrogen-bond acceptors (Lipinski definition) is 5. The number of carbonyl (C=O) groups is 3. The zero-order chi connectivity index (χ0) is 22.1. The third-order valence-corrected chi connectivity index (χ3v) is 6.65. The largest absolute Gasteiger partial charge is 0.353 e. The normalized spacial score (nSPS) is 19.3. The molecule has 2 aromatic rings. The van der Waals surface area contributed by atoms with Crippen LogP contribution in [0.1, 0.15) is 52.8 Å². The molecule has 4 amide bonds. The fraction of sp³-hybridized carbons (Fsp3) is 0.417. The monoisotopic (exact) mass is 433 g/mol. The lowest BCUT2D eigenvalue weighted by Gasteiger charge is -2.35. The van der Waals surface area contributed by atoms with Crippen LogP contribution in [-0.4, -0.2) is 64.9 Å². The van der Waals surface area contributed by atoms with E-state index in [9.17, 15) is 14.4 Å². The van der Waals surface area contributed by atoms with E-state index >= 15 is 0 Å². The van der Waals surface area contributed by atoms with Gasteiger partial charge in [-0.05, 0) is 43.2 Å². The van der Waals surface area contributed by atoms with Gasteiger partial charge in [0.2, 0.25) is 0 Å². The molecule has 1 aliphatic carbocycles. The van der Waals surface area contributed by atoms with Crippen LogP contribution in [0.2, 0.25) is 0 Å². The van der Waals surface area contributed by atoms with Crippen molar-refractivity contribution in [1.82, 2.24) is 14.8 Å². The Hall–Kier alpha value is -3.42. The summed E-state index contributed by atoms with van der Waals surface area (Å²) in [5, 5.41) is 2.90. The van der Waals surface area contributed by atoms with Gasteiger partial charge in [0.05, 0.1) is 11.1 Å². The van der Waals surface area contributed by atoms with E-state index in [1.54, 1.807) is 29.3 Å². The minimum atomic E-state index is -0.239. The number of urea groups is 1. The molecule has 8 nitrogen and oxygen atoms in total. The molecule has 1 N–H and O–H groups in total. The third kappa shape index (κ3) is 3.81. The number of nitrogens with one attached hydrogen (secondary N) is 1. The Morgan fingerprint density at radius 1 is 0.906 bits per heavy atom. The van der Waals surface area contributed by atoms with Gasteiger partial charge in [-0.2, -0.15) is 0 Å². The van der Waals surface area contributed by atoms with Crippen molar-refractivity contribution in [1.29, 1.82) is 0 Å². The Morgan fingerprint density at radius 3 is 2.38 bits per heavy atom. The van der Waals surface area contributed by atoms with Crippen molar-refractivity contribution in [2.45, 2.75) is 38.1 Å². The second-order valence-corrected chi connectivity index (χ2v) is 8.62. The summed E-state index contributed by atoms with van der Waals surface area (Å²) in [5.41, 5.74) is 1.36. The number of benzene rings is 1. The van der Waals surface area contributed by atoms with Crippen molar-refractivity contribution in [3.8, 4) is 0 Å². The average molecular weight is 434 g/mol. The number of amides is 4. The Bertz CT molecular complexity index is 1030. The highest BCUT2D eigenvalue weighted by atomic mass is 16.2. The van der Waals surface area contributed by atoms with Crippen molar-refractivity contribution < 1.29 is 14.4 Å². The van der Waals surface area contributed by atoms with Gasteiger partial charge >= 0.3 is 6.03 Å². The molecular weight excluding hydrogens is 406 g/mol. The lowest BCUT2D eigenvalue weighted by atomic mass is 9.94. The molecule has 0 spiro atoms. The number of imide groups is 1. The maximum Gasteiger partial charge on any atom is 0.321 e. The molecule has 2 fully saturated rings. The fourth-order valence-corrected chi connectivity index (χ4v) is 4.89. The van der Waals surface area contributed by atoms with E-state index in [2.05, 4.69) is 15.2 Å². The van der Waals surface area contributed by atoms with Gasteiger partial charge in [0, 0.05) is 44.1 Å². The third-order valence-electron chi connectivity index (χ3n) is 6.65. The Labute approximate surface area is 187 Å². The number of rotatable bonds is 3. The van der Waals surface area contributed by atoms with Crippen molar-refractivity contribution in [2.75, 3.05) is 36.4 Å². The highest BCUT2D eigenvalue weighted by Gasteiger charge is 2.40. The summed E-state index contributed by atoms with van der Waals surface area (Å²) in [6.45, 7) is 2.58. The van der Waals surface area contributed by atoms with Gasteiger partial charge < -0.3 is 15.1 Å². The smallest absolute Gasteiger partial charge is 0.321 e. The highest BCUT2D eigenvalue weighted by molar-refractivity contribution is 6.22. The van der Waals surface area contributed by atoms with E-state index in [-0.39, 0.29) is 23.9 Å². The predicted molar refractivity (Wildman–Crippen MR) is 121 cm³/mol. The number of hydrogen-bond donors (Lipinski definition) is 1. The summed E-state index contributed by atoms with van der Waals surface area (Å²) < 4.78 is 0. The van der Waals surface area contributed by atoms with Crippen molar-refractivity contribution >= 4 is 29.4 Å². The van der Waals surface area contributed by atoms with E-state index in [4.69, 9.17) is 0 Å². The maximum atomic E-state index is 13.0. The molecule has 3 aliphatic rings. The average Bonchev–Trinajstić information content (AvgIpc) is 3.09. The highest BCUT2D eigenvalue weighted by Crippen LogP contribution is 2.32. The van der Waals surface area contributed by atoms with Crippen LogP contribution in [0.15, 0.2) is 42.6 Å². The minimum Gasteiger partial charge on any atom is -0.353 e. The number of piperazine rings is 1. The van der Waals surface area contributed by atoms with Crippen LogP contribution in [0.4, 0.5) is 16.3 Å². The van der Waals surface area contributed by atoms with Crippen LogP contribution < -0.4 is 10.2 Å². The molecule has 0 unspecified atom stereocenters. The lowest BCUT2D eigenvalue weighted by Crippen LogP contribution is -2.50. The summed E-state index contributed by atoms with van der Waals surface area (Å²) in [6, 6.07) is 10.6. The topological polar surface area (TPSA) is 85.8 Å². The first kappa shape index (κ1) is 20.5. The predicted octanol–water partition coefficient (Wildman–Crippen LogP) is 3.36. The number of nitrogens with zero attached hydrogens (tertiary/aromatic N) is 4. The van der Waals surface area contributed by atoms with Gasteiger partial charge in [-0.25, -0.2) is 9.78 Å². The van der Waals surface area contributed by atoms with Gasteiger partial charge in [0.25, 0.3) is 11.8 Å². The second-order valence-electron chi connectivity index (χ2n) is 8.62. The maximum absolute atomic E-state index is 13.0. The lowest BCUT2D eigenvalue weighted by molar-refractivity contribution is 0.0549. The molecule has 8 heteroatoms. The summed E-state index contributed by atoms with van der Waals surface area (Å²) in [7, 11) is 0. The Balaban J connectivity index is 1.23. The van der Waals surface area contributed by atoms with Gasteiger partial charge in [-0.3, -0.25) is 14.5 Å². The first-order valence-corrected chi connectivity index (χ1v) is 11.4. The van der Waals surface area contributed by atoms with Crippen LogP contribution in [0, 0.1) is 0 Å². The number of anilines is 2. The fourth-order valence-electron chi connectivity index (χ4n) is 4.89. The number of carbonyl (C=O) groups excluding carboxylic acids is 3. The van der Waals surface area contributed by atoms with E-state index in [0.717, 1.165) is 37.9 Å². The SMILES string of the molecule is O=C(Nc1ccc2c(c1)C(=O)N(C1CCCCC1)C2=O)N1CCN(c2ccccn2)CC1. The van der Waals surface area contributed by atoms with Crippen LogP contribution in [0.5, 0.6) is 0 Å². The zero-order valence-corrected chi connectivity index (χ0v) is 18.0. The molecule has 1 saturated carbocycles. The molecule has 5 rings (SSSR count). The first-order valence-electron chi connectivity index (χ1n) is 11.4. The molecule has 32 heavy (non-hydrogen) atoms. The van der Waals surface area contributed by atoms with Gasteiger partial charge in [0.1, 0.15) is 5.82 Å². The number of aromatic nitrogens is 1. The molecule has 2 aliphatic heterocycles. The molecule has 166 valence electrons. The first-order chi connectivity index (χ1) is 15.6. The standard InChI is InChI=1S/C24H27N5O3/c30-22-19-10-9-17(16-20(19)23(31)29(22)18-6-2-1-3-7-18)26-24(32)28-14-12-27(13-15-28)21-8-4-5-11-25-21/h4-5,8-11,16,18H,1-3,6-7,12-15H2,(H,26,32). The van der Waals surface area contributed by atoms with E-state index in [1.165, 1.54) is 4.90 Å². The van der Waals surface area contributed by atoms with Crippen LogP contribution in [0.25, 0.3) is 0 Å². The van der Waals surface area contributed by atoms with Crippen LogP contribution in [-0.2, 0) is 0 Å². The Kier molecular flexibility index (Phi) is 5.51. The minimum absolute atomic E-state index is 0.00964. The van der Waals surface area contributed by atoms with Crippen LogP contribution >= 0.6 is 0 Å². The number of fused-ring (bicyclic) bond motifs is 1. The summed E-state index contributed by atoms with van der Waals surface area (Å²) in [4.78, 5) is 48.3. The summed E-state index contributed by atoms with van der Waals surface area (Å²) in [5.74, 6) is 0.467. The van der Waals surface area contributed by atoms with E-state index in [0.29, 0.717) is 43.0 Å². The quantitative estimate of drug-likeness (QED) is 0.750. The van der Waals surface area contributed by atoms with Gasteiger partial charge in [-0.1, -0.05) is 25.3 Å². The number of pyridine rings is 1. The van der Waals surface area contributed by atoms with Crippen molar-refractivity contribution in [3.05, 3.63) is 53.7 Å². The van der Waals surface area contributed by atoms with E-state index in [1.807, 2.05) is 18.2 Å². The molecule has 1 aromatic carbocycles. The van der Waals surface area contributed by atoms with Crippen LogP contribution in [0.3, 0.4) is 0 Å². The molecule has 1 aromatic heterocycles. The van der Waals surface area contributed by atoms with Gasteiger partial charge in [-0.15, -0.1) is 0 Å². The molecule has 0 bridgehead atoms. The molecule has 0 radical (unpaired) electrons. The molecule has 0 atom stereocenters. The zero-order valence-electron chi connectivity index (χ0n) is 18.0. The molecule has 1 saturated heterocycles. The Morgan fingerprint density at radius 2 is 1.66 bits per heavy atom. The second kappa shape index (κ2) is 8.61. The molecule has 3 heterocycles. The summed E-state index contributed by atoms with van der Waals surface area (Å²) >= 11 is 0. The van der Waals surface area contributed by atoms with Crippen molar-refractivity contribution in [2.24, 2.45) is 0 Å². The summed E-state index contributed by atoms with van der Waals surface area (Å²) in [6.07, 6.45) is 6.77.